The number of fused-ring (bicyclic) bond motifs is 2. The summed E-state index contributed by atoms with van der Waals surface area (Å²) in [6.07, 6.45) is 0. The maximum absolute atomic E-state index is 13.0. The van der Waals surface area contributed by atoms with E-state index < -0.39 is 11.9 Å². The third-order valence-electron chi connectivity index (χ3n) is 6.64. The fourth-order valence-electron chi connectivity index (χ4n) is 5.08. The van der Waals surface area contributed by atoms with Gasteiger partial charge in [-0.1, -0.05) is 24.3 Å². The molecule has 0 saturated heterocycles. The van der Waals surface area contributed by atoms with Crippen LogP contribution in [0.3, 0.4) is 0 Å². The molecule has 0 spiro atoms. The van der Waals surface area contributed by atoms with E-state index in [1.54, 1.807) is 64.6 Å². The van der Waals surface area contributed by atoms with Crippen molar-refractivity contribution in [1.29, 1.82) is 0 Å². The third-order valence-corrected chi connectivity index (χ3v) is 6.64. The van der Waals surface area contributed by atoms with Crippen LogP contribution < -0.4 is 0 Å². The highest BCUT2D eigenvalue weighted by atomic mass is 16.4. The molecule has 36 heavy (non-hydrogen) atoms. The van der Waals surface area contributed by atoms with Crippen LogP contribution in [-0.2, 0) is 0 Å². The van der Waals surface area contributed by atoms with E-state index in [1.807, 2.05) is 0 Å². The Balaban J connectivity index is 2.09. The zero-order valence-electron chi connectivity index (χ0n) is 20.0. The summed E-state index contributed by atoms with van der Waals surface area (Å²) in [6, 6.07) is 13.0. The fraction of sp³-hybridized carbons (Fsp3) is 0.143. The highest BCUT2D eigenvalue weighted by molar-refractivity contribution is 6.38. The molecule has 0 heterocycles. The summed E-state index contributed by atoms with van der Waals surface area (Å²) in [5.74, 6) is -2.97. The first kappa shape index (κ1) is 23.0. The number of carboxylic acid groups (broad SMARTS) is 2. The number of hydrogen-bond donors (Lipinski definition) is 2. The summed E-state index contributed by atoms with van der Waals surface area (Å²) in [5, 5.41) is 24.5. The van der Waals surface area contributed by atoms with Crippen molar-refractivity contribution in [1.82, 2.24) is 9.80 Å². The van der Waals surface area contributed by atoms with Gasteiger partial charge in [0.05, 0.1) is 11.1 Å². The average Bonchev–Trinajstić information content (AvgIpc) is 2.84. The largest absolute Gasteiger partial charge is 0.478 e. The molecule has 0 fully saturated rings. The van der Waals surface area contributed by atoms with Crippen molar-refractivity contribution in [2.45, 2.75) is 0 Å². The number of rotatable bonds is 4. The van der Waals surface area contributed by atoms with Crippen molar-refractivity contribution in [3.8, 4) is 0 Å². The van der Waals surface area contributed by atoms with Crippen LogP contribution >= 0.6 is 0 Å². The van der Waals surface area contributed by atoms with E-state index in [0.29, 0.717) is 43.1 Å². The Morgan fingerprint density at radius 2 is 0.750 bits per heavy atom. The molecule has 0 radical (unpaired) electrons. The van der Waals surface area contributed by atoms with Crippen LogP contribution in [0.25, 0.3) is 43.1 Å². The molecule has 0 atom stereocenters. The van der Waals surface area contributed by atoms with Gasteiger partial charge in [0.15, 0.2) is 0 Å². The van der Waals surface area contributed by atoms with Crippen molar-refractivity contribution in [2.75, 3.05) is 28.2 Å². The number of benzene rings is 5. The van der Waals surface area contributed by atoms with Gasteiger partial charge in [-0.25, -0.2) is 9.59 Å². The highest BCUT2D eigenvalue weighted by Gasteiger charge is 2.26. The number of carboxylic acids is 2. The van der Waals surface area contributed by atoms with Crippen LogP contribution in [0.2, 0.25) is 0 Å². The lowest BCUT2D eigenvalue weighted by Crippen LogP contribution is -2.22. The highest BCUT2D eigenvalue weighted by Crippen LogP contribution is 2.44. The van der Waals surface area contributed by atoms with E-state index in [-0.39, 0.29) is 34.1 Å². The summed E-state index contributed by atoms with van der Waals surface area (Å²) < 4.78 is 0. The van der Waals surface area contributed by atoms with Gasteiger partial charge in [0.1, 0.15) is 0 Å². The van der Waals surface area contributed by atoms with Crippen LogP contribution in [0.5, 0.6) is 0 Å². The topological polar surface area (TPSA) is 115 Å². The molecule has 0 aromatic heterocycles. The lowest BCUT2D eigenvalue weighted by molar-refractivity contribution is 0.0688. The lowest BCUT2D eigenvalue weighted by Gasteiger charge is -2.21. The van der Waals surface area contributed by atoms with Crippen molar-refractivity contribution in [3.63, 3.8) is 0 Å². The summed E-state index contributed by atoms with van der Waals surface area (Å²) in [7, 11) is 6.41. The molecule has 5 aromatic rings. The van der Waals surface area contributed by atoms with Gasteiger partial charge < -0.3 is 20.0 Å². The molecule has 8 nitrogen and oxygen atoms in total. The number of aromatic carboxylic acids is 2. The molecule has 180 valence electrons. The van der Waals surface area contributed by atoms with Crippen molar-refractivity contribution in [3.05, 3.63) is 70.8 Å². The SMILES string of the molecule is CN(C)C(=O)c1ccc2c3ccc(C(=O)O)c4c(C(=O)N(C)C)ccc(c5ccc(C(=O)O)c1c52)c43. The summed E-state index contributed by atoms with van der Waals surface area (Å²) >= 11 is 0. The minimum Gasteiger partial charge on any atom is -0.478 e. The molecule has 0 saturated carbocycles. The van der Waals surface area contributed by atoms with Gasteiger partial charge in [-0.2, -0.15) is 0 Å². The maximum atomic E-state index is 13.0. The first-order chi connectivity index (χ1) is 17.0. The van der Waals surface area contributed by atoms with E-state index >= 15 is 0 Å². The molecule has 0 aliphatic carbocycles. The average molecular weight is 482 g/mol. The monoisotopic (exact) mass is 482 g/mol. The molecule has 0 unspecified atom stereocenters. The van der Waals surface area contributed by atoms with Crippen molar-refractivity contribution < 1.29 is 29.4 Å². The van der Waals surface area contributed by atoms with Crippen LogP contribution in [0, 0.1) is 0 Å². The minimum atomic E-state index is -1.16. The first-order valence-corrected chi connectivity index (χ1v) is 11.1. The fourth-order valence-corrected chi connectivity index (χ4v) is 5.08. The summed E-state index contributed by atoms with van der Waals surface area (Å²) in [6.45, 7) is 0. The third kappa shape index (κ3) is 3.07. The van der Waals surface area contributed by atoms with Crippen LogP contribution in [-0.4, -0.2) is 72.0 Å². The molecular formula is C28H22N2O6. The zero-order chi connectivity index (χ0) is 26.0. The van der Waals surface area contributed by atoms with Gasteiger partial charge in [-0.05, 0) is 56.6 Å². The van der Waals surface area contributed by atoms with Crippen LogP contribution in [0.4, 0.5) is 0 Å². The summed E-state index contributed by atoms with van der Waals surface area (Å²) in [4.78, 5) is 53.2. The number of carbonyl (C=O) groups is 4. The Morgan fingerprint density at radius 3 is 1.00 bits per heavy atom. The minimum absolute atomic E-state index is 0.00190. The predicted octanol–water partition coefficient (Wildman–Crippen LogP) is 4.54. The Morgan fingerprint density at radius 1 is 0.472 bits per heavy atom. The van der Waals surface area contributed by atoms with E-state index in [4.69, 9.17) is 0 Å². The second-order valence-corrected chi connectivity index (χ2v) is 9.15. The molecule has 5 rings (SSSR count). The summed E-state index contributed by atoms with van der Waals surface area (Å²) in [5.41, 5.74) is 0.530. The number of amides is 2. The Bertz CT molecular complexity index is 1630. The van der Waals surface area contributed by atoms with Crippen molar-refractivity contribution in [2.24, 2.45) is 0 Å². The predicted molar refractivity (Wildman–Crippen MR) is 138 cm³/mol. The van der Waals surface area contributed by atoms with Gasteiger partial charge in [0, 0.05) is 50.1 Å². The molecule has 5 aromatic carbocycles. The van der Waals surface area contributed by atoms with Gasteiger partial charge in [-0.3, -0.25) is 9.59 Å². The maximum Gasteiger partial charge on any atom is 0.336 e. The van der Waals surface area contributed by atoms with Crippen LogP contribution in [0.1, 0.15) is 41.4 Å². The van der Waals surface area contributed by atoms with E-state index in [9.17, 15) is 29.4 Å². The van der Waals surface area contributed by atoms with Gasteiger partial charge >= 0.3 is 11.9 Å². The molecule has 0 aliphatic rings. The van der Waals surface area contributed by atoms with Crippen LogP contribution in [0.15, 0.2) is 48.5 Å². The molecule has 2 amide bonds. The smallest absolute Gasteiger partial charge is 0.336 e. The van der Waals surface area contributed by atoms with Gasteiger partial charge in [-0.15, -0.1) is 0 Å². The van der Waals surface area contributed by atoms with E-state index in [1.165, 1.54) is 21.9 Å². The molecule has 8 heteroatoms. The van der Waals surface area contributed by atoms with Gasteiger partial charge in [0.25, 0.3) is 11.8 Å². The Hall–Kier alpha value is -4.72. The zero-order valence-corrected chi connectivity index (χ0v) is 20.0. The van der Waals surface area contributed by atoms with Crippen molar-refractivity contribution >= 4 is 66.8 Å². The molecule has 0 bridgehead atoms. The number of nitrogens with zero attached hydrogens (tertiary/aromatic N) is 2. The number of hydrogen-bond acceptors (Lipinski definition) is 4. The number of carbonyl (C=O) groups excluding carboxylic acids is 2. The second kappa shape index (κ2) is 7.91. The Kier molecular flexibility index (Phi) is 5.06. The quantitative estimate of drug-likeness (QED) is 0.287. The molecule has 2 N–H and O–H groups in total. The van der Waals surface area contributed by atoms with Gasteiger partial charge in [0.2, 0.25) is 0 Å². The normalized spacial score (nSPS) is 11.4. The molecular weight excluding hydrogens is 460 g/mol. The lowest BCUT2D eigenvalue weighted by atomic mass is 9.84. The second-order valence-electron chi connectivity index (χ2n) is 9.15. The standard InChI is InChI=1S/C28H22N2O6/c1-29(2)25(31)17-9-5-13-16-8-12-20(28(35)36)24-18(26(32)30(3)4)10-6-14(22(16)24)15-7-11-19(27(33)34)23(17)21(13)15/h5-12H,1-4H3,(H,33,34)(H,35,36). The van der Waals surface area contributed by atoms with E-state index in [2.05, 4.69) is 0 Å². The molecule has 0 aliphatic heterocycles. The van der Waals surface area contributed by atoms with E-state index in [0.717, 1.165) is 0 Å². The Labute approximate surface area is 205 Å². The first-order valence-electron chi connectivity index (χ1n) is 11.1.